The number of fused-ring (bicyclic) bond motifs is 2. The molecule has 1 amide bonds. The molecule has 0 bridgehead atoms. The van der Waals surface area contributed by atoms with Gasteiger partial charge >= 0.3 is 0 Å². The van der Waals surface area contributed by atoms with E-state index in [-0.39, 0.29) is 5.91 Å². The quantitative estimate of drug-likeness (QED) is 0.676. The predicted octanol–water partition coefficient (Wildman–Crippen LogP) is 2.19. The van der Waals surface area contributed by atoms with E-state index >= 15 is 0 Å². The Kier molecular flexibility index (Phi) is 5.48. The Morgan fingerprint density at radius 3 is 2.81 bits per heavy atom. The monoisotopic (exact) mass is 435 g/mol. The van der Waals surface area contributed by atoms with Crippen LogP contribution in [0.3, 0.4) is 0 Å². The first kappa shape index (κ1) is 20.8. The van der Waals surface area contributed by atoms with E-state index in [2.05, 4.69) is 39.8 Å². The minimum atomic E-state index is -0.0544. The number of pyridine rings is 1. The van der Waals surface area contributed by atoms with Crippen LogP contribution in [0.25, 0.3) is 10.9 Å². The third-order valence-corrected chi connectivity index (χ3v) is 6.48. The number of hydrogen-bond acceptors (Lipinski definition) is 6. The van der Waals surface area contributed by atoms with Crippen molar-refractivity contribution in [2.75, 3.05) is 45.7 Å². The van der Waals surface area contributed by atoms with Gasteiger partial charge in [-0.25, -0.2) is 4.98 Å². The lowest BCUT2D eigenvalue weighted by Crippen LogP contribution is -2.41. The number of aryl methyl sites for hydroxylation is 1. The molecule has 2 aromatic heterocycles. The molecule has 2 N–H and O–H groups in total. The van der Waals surface area contributed by atoms with Gasteiger partial charge in [-0.1, -0.05) is 0 Å². The molecule has 8 heteroatoms. The molecule has 0 radical (unpaired) electrons. The molecule has 168 valence electrons. The number of nitrogen functional groups attached to an aromatic ring is 1. The number of amides is 1. The number of nitrogens with two attached hydrogens (primary N) is 1. The summed E-state index contributed by atoms with van der Waals surface area (Å²) in [7, 11) is 3.75. The minimum absolute atomic E-state index is 0.0544. The largest absolute Gasteiger partial charge is 0.497 e. The number of carbonyl (C=O) groups excluding carboxylic acids is 1. The Labute approximate surface area is 187 Å². The molecular formula is C24H29N5O3. The lowest BCUT2D eigenvalue weighted by atomic mass is 10.0. The van der Waals surface area contributed by atoms with E-state index in [0.717, 1.165) is 48.6 Å². The van der Waals surface area contributed by atoms with Crippen LogP contribution in [-0.4, -0.2) is 65.2 Å². The summed E-state index contributed by atoms with van der Waals surface area (Å²) in [6, 6.07) is 8.16. The summed E-state index contributed by atoms with van der Waals surface area (Å²) in [6.07, 6.45) is 3.01. The number of nitrogens with zero attached hydrogens (tertiary/aromatic N) is 4. The normalized spacial score (nSPS) is 16.9. The van der Waals surface area contributed by atoms with Crippen LogP contribution < -0.4 is 10.5 Å². The van der Waals surface area contributed by atoms with E-state index in [1.165, 1.54) is 10.9 Å². The number of anilines is 1. The van der Waals surface area contributed by atoms with Gasteiger partial charge in [-0.3, -0.25) is 9.69 Å². The first-order valence-corrected chi connectivity index (χ1v) is 11.0. The smallest absolute Gasteiger partial charge is 0.257 e. The molecule has 1 fully saturated rings. The van der Waals surface area contributed by atoms with Gasteiger partial charge < -0.3 is 24.7 Å². The number of methoxy groups -OCH3 is 1. The molecular weight excluding hydrogens is 406 g/mol. The zero-order chi connectivity index (χ0) is 22.2. The van der Waals surface area contributed by atoms with Gasteiger partial charge in [-0.2, -0.15) is 0 Å². The van der Waals surface area contributed by atoms with E-state index in [9.17, 15) is 4.79 Å². The van der Waals surface area contributed by atoms with Gasteiger partial charge in [0, 0.05) is 69.5 Å². The molecule has 0 spiro atoms. The fourth-order valence-corrected chi connectivity index (χ4v) is 4.73. The zero-order valence-electron chi connectivity index (χ0n) is 18.6. The number of morpholine rings is 1. The van der Waals surface area contributed by atoms with Crippen LogP contribution in [0.4, 0.5) is 5.82 Å². The average Bonchev–Trinajstić information content (AvgIpc) is 3.13. The van der Waals surface area contributed by atoms with Gasteiger partial charge in [0.1, 0.15) is 11.6 Å². The topological polar surface area (TPSA) is 85.8 Å². The predicted molar refractivity (Wildman–Crippen MR) is 123 cm³/mol. The number of carbonyl (C=O) groups is 1. The van der Waals surface area contributed by atoms with Crippen LogP contribution in [0, 0.1) is 0 Å². The molecule has 1 saturated heterocycles. The van der Waals surface area contributed by atoms with Gasteiger partial charge in [-0.15, -0.1) is 0 Å². The van der Waals surface area contributed by atoms with Crippen LogP contribution in [0.15, 0.2) is 30.5 Å². The Morgan fingerprint density at radius 2 is 2.03 bits per heavy atom. The summed E-state index contributed by atoms with van der Waals surface area (Å²) in [5.74, 6) is 1.14. The first-order valence-electron chi connectivity index (χ1n) is 11.0. The van der Waals surface area contributed by atoms with Crippen molar-refractivity contribution in [3.8, 4) is 5.75 Å². The summed E-state index contributed by atoms with van der Waals surface area (Å²) < 4.78 is 12.9. The molecule has 2 aliphatic heterocycles. The first-order chi connectivity index (χ1) is 15.5. The third kappa shape index (κ3) is 3.80. The van der Waals surface area contributed by atoms with Crippen molar-refractivity contribution < 1.29 is 14.3 Å². The van der Waals surface area contributed by atoms with Crippen molar-refractivity contribution in [3.05, 3.63) is 52.8 Å². The fraction of sp³-hybridized carbons (Fsp3) is 0.417. The molecule has 32 heavy (non-hydrogen) atoms. The Bertz CT molecular complexity index is 1170. The molecule has 0 atom stereocenters. The molecule has 0 aliphatic carbocycles. The number of hydrogen-bond donors (Lipinski definition) is 1. The summed E-state index contributed by atoms with van der Waals surface area (Å²) in [4.78, 5) is 21.8. The second-order valence-corrected chi connectivity index (χ2v) is 8.54. The maximum Gasteiger partial charge on any atom is 0.257 e. The van der Waals surface area contributed by atoms with Crippen molar-refractivity contribution in [1.82, 2.24) is 19.4 Å². The average molecular weight is 436 g/mol. The molecule has 0 unspecified atom stereocenters. The molecule has 3 aromatic rings. The maximum atomic E-state index is 13.0. The highest BCUT2D eigenvalue weighted by Crippen LogP contribution is 2.29. The van der Waals surface area contributed by atoms with Crippen LogP contribution in [0.5, 0.6) is 5.75 Å². The van der Waals surface area contributed by atoms with E-state index in [1.807, 2.05) is 12.1 Å². The molecule has 4 heterocycles. The van der Waals surface area contributed by atoms with Gasteiger partial charge in [-0.05, 0) is 29.3 Å². The van der Waals surface area contributed by atoms with Crippen LogP contribution in [0.1, 0.15) is 27.2 Å². The fourth-order valence-electron chi connectivity index (χ4n) is 4.73. The lowest BCUT2D eigenvalue weighted by Gasteiger charge is -2.30. The standard InChI is InChI=1S/C24H29N5O3/c1-27-13-17(19-4-3-18(31-2)12-22(19)27)15-28-6-5-21-16(14-28)11-20(23(25)26-21)24(30)29-7-9-32-10-8-29/h3-4,11-13H,5-10,14-15H2,1-2H3,(H2,25,26). The highest BCUT2D eigenvalue weighted by molar-refractivity contribution is 5.98. The van der Waals surface area contributed by atoms with Crippen molar-refractivity contribution in [1.29, 1.82) is 0 Å². The second-order valence-electron chi connectivity index (χ2n) is 8.54. The van der Waals surface area contributed by atoms with Crippen LogP contribution >= 0.6 is 0 Å². The Balaban J connectivity index is 1.37. The number of rotatable bonds is 4. The summed E-state index contributed by atoms with van der Waals surface area (Å²) >= 11 is 0. The summed E-state index contributed by atoms with van der Waals surface area (Å²) in [5.41, 5.74) is 11.2. The highest BCUT2D eigenvalue weighted by atomic mass is 16.5. The number of benzene rings is 1. The SMILES string of the molecule is COc1ccc2c(CN3CCc4nc(N)c(C(=O)N5CCOCC5)cc4C3)cn(C)c2c1. The molecule has 0 saturated carbocycles. The summed E-state index contributed by atoms with van der Waals surface area (Å²) in [6.45, 7) is 4.80. The van der Waals surface area contributed by atoms with Crippen molar-refractivity contribution in [3.63, 3.8) is 0 Å². The van der Waals surface area contributed by atoms with Crippen LogP contribution in [-0.2, 0) is 31.3 Å². The van der Waals surface area contributed by atoms with E-state index in [4.69, 9.17) is 15.2 Å². The Morgan fingerprint density at radius 1 is 1.22 bits per heavy atom. The molecule has 1 aromatic carbocycles. The van der Waals surface area contributed by atoms with Crippen molar-refractivity contribution in [2.45, 2.75) is 19.5 Å². The zero-order valence-corrected chi connectivity index (χ0v) is 18.6. The van der Waals surface area contributed by atoms with Gasteiger partial charge in [0.25, 0.3) is 5.91 Å². The molecule has 2 aliphatic rings. The van der Waals surface area contributed by atoms with Crippen molar-refractivity contribution >= 4 is 22.6 Å². The number of ether oxygens (including phenoxy) is 2. The highest BCUT2D eigenvalue weighted by Gasteiger charge is 2.25. The minimum Gasteiger partial charge on any atom is -0.497 e. The van der Waals surface area contributed by atoms with Crippen molar-refractivity contribution in [2.24, 2.45) is 7.05 Å². The maximum absolute atomic E-state index is 13.0. The molecule has 5 rings (SSSR count). The Hall–Kier alpha value is -3.10. The van der Waals surface area contributed by atoms with Crippen LogP contribution in [0.2, 0.25) is 0 Å². The van der Waals surface area contributed by atoms with E-state index < -0.39 is 0 Å². The lowest BCUT2D eigenvalue weighted by molar-refractivity contribution is 0.0303. The summed E-state index contributed by atoms with van der Waals surface area (Å²) in [5, 5.41) is 1.23. The second kappa shape index (κ2) is 8.44. The van der Waals surface area contributed by atoms with Gasteiger partial charge in [0.15, 0.2) is 0 Å². The molecule has 8 nitrogen and oxygen atoms in total. The van der Waals surface area contributed by atoms with Gasteiger partial charge in [0.2, 0.25) is 0 Å². The van der Waals surface area contributed by atoms with E-state index in [1.54, 1.807) is 12.0 Å². The third-order valence-electron chi connectivity index (χ3n) is 6.48. The van der Waals surface area contributed by atoms with Gasteiger partial charge in [0.05, 0.1) is 31.4 Å². The van der Waals surface area contributed by atoms with E-state index in [0.29, 0.717) is 37.7 Å². The number of aromatic nitrogens is 2.